The van der Waals surface area contributed by atoms with Crippen molar-refractivity contribution in [3.05, 3.63) is 35.9 Å². The minimum Gasteiger partial charge on any atom is -0.387 e. The molecule has 1 amide bonds. The molecule has 0 bridgehead atoms. The molecule has 2 atom stereocenters. The van der Waals surface area contributed by atoms with Gasteiger partial charge >= 0.3 is 0 Å². The van der Waals surface area contributed by atoms with Crippen molar-refractivity contribution in [3.8, 4) is 0 Å². The fraction of sp³-hybridized carbons (Fsp3) is 0.462. The Balaban J connectivity index is 0.00000162. The van der Waals surface area contributed by atoms with Crippen LogP contribution in [0.4, 0.5) is 0 Å². The van der Waals surface area contributed by atoms with Gasteiger partial charge in [-0.15, -0.1) is 12.4 Å². The lowest BCUT2D eigenvalue weighted by Crippen LogP contribution is -2.41. The lowest BCUT2D eigenvalue weighted by atomic mass is 10.1. The normalized spacial score (nSPS) is 19.9. The molecule has 2 rings (SSSR count). The molecule has 1 heterocycles. The lowest BCUT2D eigenvalue weighted by molar-refractivity contribution is -0.123. The predicted octanol–water partition coefficient (Wildman–Crippen LogP) is 1.01. The smallest absolute Gasteiger partial charge is 0.237 e. The van der Waals surface area contributed by atoms with Crippen LogP contribution in [0.1, 0.15) is 24.5 Å². The van der Waals surface area contributed by atoms with E-state index in [1.54, 1.807) is 0 Å². The summed E-state index contributed by atoms with van der Waals surface area (Å²) in [6, 6.07) is 9.27. The second kappa shape index (κ2) is 7.36. The Kier molecular flexibility index (Phi) is 6.12. The Bertz CT molecular complexity index is 367. The zero-order chi connectivity index (χ0) is 12.1. The van der Waals surface area contributed by atoms with Gasteiger partial charge in [-0.05, 0) is 24.9 Å². The van der Waals surface area contributed by atoms with Crippen LogP contribution >= 0.6 is 12.4 Å². The number of hydrogen-bond donors (Lipinski definition) is 3. The molecule has 1 fully saturated rings. The molecular formula is C13H19ClN2O2. The van der Waals surface area contributed by atoms with Gasteiger partial charge in [-0.2, -0.15) is 0 Å². The number of benzene rings is 1. The van der Waals surface area contributed by atoms with Crippen LogP contribution in [-0.4, -0.2) is 30.1 Å². The maximum atomic E-state index is 11.7. The third-order valence-electron chi connectivity index (χ3n) is 3.03. The van der Waals surface area contributed by atoms with Crippen LogP contribution in [0, 0.1) is 0 Å². The van der Waals surface area contributed by atoms with E-state index in [9.17, 15) is 9.90 Å². The van der Waals surface area contributed by atoms with Crippen LogP contribution in [-0.2, 0) is 4.79 Å². The fourth-order valence-corrected chi connectivity index (χ4v) is 2.02. The van der Waals surface area contributed by atoms with E-state index in [4.69, 9.17) is 0 Å². The Labute approximate surface area is 113 Å². The van der Waals surface area contributed by atoms with E-state index >= 15 is 0 Å². The number of nitrogens with one attached hydrogen (secondary N) is 2. The molecule has 0 radical (unpaired) electrons. The van der Waals surface area contributed by atoms with Crippen molar-refractivity contribution in [1.29, 1.82) is 0 Å². The molecule has 0 spiro atoms. The molecule has 1 unspecified atom stereocenters. The van der Waals surface area contributed by atoms with Crippen molar-refractivity contribution in [1.82, 2.24) is 10.6 Å². The molecule has 1 aromatic carbocycles. The number of rotatable bonds is 4. The Morgan fingerprint density at radius 3 is 2.78 bits per heavy atom. The molecule has 1 saturated heterocycles. The molecule has 1 aliphatic rings. The van der Waals surface area contributed by atoms with Crippen LogP contribution in [0.15, 0.2) is 30.3 Å². The molecule has 4 nitrogen and oxygen atoms in total. The minimum absolute atomic E-state index is 0. The highest BCUT2D eigenvalue weighted by Crippen LogP contribution is 2.11. The third-order valence-corrected chi connectivity index (χ3v) is 3.03. The summed E-state index contributed by atoms with van der Waals surface area (Å²) in [7, 11) is 0. The Morgan fingerprint density at radius 2 is 2.17 bits per heavy atom. The number of aliphatic hydroxyl groups excluding tert-OH is 1. The average molecular weight is 271 g/mol. The maximum absolute atomic E-state index is 11.7. The SMILES string of the molecule is Cl.O=C(NCC(O)c1ccccc1)[C@@H]1CCCN1. The molecule has 3 N–H and O–H groups in total. The van der Waals surface area contributed by atoms with Crippen LogP contribution in [0.3, 0.4) is 0 Å². The molecule has 100 valence electrons. The van der Waals surface area contributed by atoms with Gasteiger partial charge in [-0.3, -0.25) is 4.79 Å². The van der Waals surface area contributed by atoms with Crippen molar-refractivity contribution < 1.29 is 9.90 Å². The first-order valence-electron chi connectivity index (χ1n) is 6.01. The number of carbonyl (C=O) groups excluding carboxylic acids is 1. The van der Waals surface area contributed by atoms with E-state index in [1.807, 2.05) is 30.3 Å². The summed E-state index contributed by atoms with van der Waals surface area (Å²) in [5.74, 6) is -0.0162. The first-order valence-corrected chi connectivity index (χ1v) is 6.01. The van der Waals surface area contributed by atoms with E-state index in [2.05, 4.69) is 10.6 Å². The predicted molar refractivity (Wildman–Crippen MR) is 72.7 cm³/mol. The highest BCUT2D eigenvalue weighted by Gasteiger charge is 2.22. The van der Waals surface area contributed by atoms with Gasteiger partial charge in [0.15, 0.2) is 0 Å². The highest BCUT2D eigenvalue weighted by molar-refractivity contribution is 5.85. The molecule has 1 aromatic rings. The van der Waals surface area contributed by atoms with E-state index < -0.39 is 6.10 Å². The van der Waals surface area contributed by atoms with Crippen LogP contribution < -0.4 is 10.6 Å². The van der Waals surface area contributed by atoms with Gasteiger partial charge in [-0.25, -0.2) is 0 Å². The fourth-order valence-electron chi connectivity index (χ4n) is 2.02. The van der Waals surface area contributed by atoms with Gasteiger partial charge in [0, 0.05) is 6.54 Å². The zero-order valence-corrected chi connectivity index (χ0v) is 11.0. The van der Waals surface area contributed by atoms with E-state index in [-0.39, 0.29) is 30.9 Å². The molecule has 18 heavy (non-hydrogen) atoms. The lowest BCUT2D eigenvalue weighted by Gasteiger charge is -2.15. The topological polar surface area (TPSA) is 61.4 Å². The standard InChI is InChI=1S/C13H18N2O2.ClH/c16-12(10-5-2-1-3-6-10)9-15-13(17)11-7-4-8-14-11;/h1-3,5-6,11-12,14,16H,4,7-9H2,(H,15,17);1H/t11-,12?;/m0./s1. The zero-order valence-electron chi connectivity index (χ0n) is 10.1. The summed E-state index contributed by atoms with van der Waals surface area (Å²) >= 11 is 0. The van der Waals surface area contributed by atoms with Gasteiger partial charge in [0.25, 0.3) is 0 Å². The van der Waals surface area contributed by atoms with Crippen molar-refractivity contribution in [2.24, 2.45) is 0 Å². The first-order chi connectivity index (χ1) is 8.27. The maximum Gasteiger partial charge on any atom is 0.237 e. The molecule has 0 saturated carbocycles. The summed E-state index contributed by atoms with van der Waals surface area (Å²) in [5, 5.41) is 15.8. The average Bonchev–Trinajstić information content (AvgIpc) is 2.90. The van der Waals surface area contributed by atoms with Gasteiger partial charge in [0.1, 0.15) is 0 Å². The van der Waals surface area contributed by atoms with E-state index in [0.29, 0.717) is 0 Å². The highest BCUT2D eigenvalue weighted by atomic mass is 35.5. The van der Waals surface area contributed by atoms with Gasteiger partial charge in [-0.1, -0.05) is 30.3 Å². The van der Waals surface area contributed by atoms with E-state index in [1.165, 1.54) is 0 Å². The molecule has 5 heteroatoms. The number of carbonyl (C=O) groups is 1. The first kappa shape index (κ1) is 15.0. The Hall–Kier alpha value is -1.10. The molecule has 0 aromatic heterocycles. The summed E-state index contributed by atoms with van der Waals surface area (Å²) < 4.78 is 0. The van der Waals surface area contributed by atoms with Gasteiger partial charge in [0.05, 0.1) is 12.1 Å². The van der Waals surface area contributed by atoms with Crippen LogP contribution in [0.5, 0.6) is 0 Å². The number of amides is 1. The second-order valence-electron chi connectivity index (χ2n) is 4.32. The summed E-state index contributed by atoms with van der Waals surface area (Å²) in [6.07, 6.45) is 1.29. The molecule has 0 aliphatic carbocycles. The second-order valence-corrected chi connectivity index (χ2v) is 4.32. The van der Waals surface area contributed by atoms with Crippen molar-refractivity contribution in [2.75, 3.05) is 13.1 Å². The summed E-state index contributed by atoms with van der Waals surface area (Å²) in [4.78, 5) is 11.7. The monoisotopic (exact) mass is 270 g/mol. The molecular weight excluding hydrogens is 252 g/mol. The largest absolute Gasteiger partial charge is 0.387 e. The number of aliphatic hydroxyl groups is 1. The number of halogens is 1. The van der Waals surface area contributed by atoms with Crippen LogP contribution in [0.2, 0.25) is 0 Å². The van der Waals surface area contributed by atoms with Gasteiger partial charge in [0.2, 0.25) is 5.91 Å². The number of hydrogen-bond acceptors (Lipinski definition) is 3. The van der Waals surface area contributed by atoms with Crippen LogP contribution in [0.25, 0.3) is 0 Å². The quantitative estimate of drug-likeness (QED) is 0.765. The minimum atomic E-state index is -0.637. The van der Waals surface area contributed by atoms with Crippen molar-refractivity contribution in [3.63, 3.8) is 0 Å². The van der Waals surface area contributed by atoms with E-state index in [0.717, 1.165) is 24.9 Å². The third kappa shape index (κ3) is 3.98. The summed E-state index contributed by atoms with van der Waals surface area (Å²) in [5.41, 5.74) is 0.826. The molecule has 1 aliphatic heterocycles. The van der Waals surface area contributed by atoms with Gasteiger partial charge < -0.3 is 15.7 Å². The summed E-state index contributed by atoms with van der Waals surface area (Å²) in [6.45, 7) is 1.17. The Morgan fingerprint density at radius 1 is 1.44 bits per heavy atom. The van der Waals surface area contributed by atoms with Crippen molar-refractivity contribution in [2.45, 2.75) is 25.0 Å². The van der Waals surface area contributed by atoms with Crippen molar-refractivity contribution >= 4 is 18.3 Å².